The summed E-state index contributed by atoms with van der Waals surface area (Å²) in [4.78, 5) is 0. The topological polar surface area (TPSA) is 75.7 Å². The van der Waals surface area contributed by atoms with Gasteiger partial charge >= 0.3 is 0 Å². The number of hydrogen-bond donors (Lipinski definition) is 2. The molecular formula is C7H12N4. The van der Waals surface area contributed by atoms with Gasteiger partial charge in [-0.15, -0.1) is 5.10 Å². The van der Waals surface area contributed by atoms with Crippen molar-refractivity contribution in [2.45, 2.75) is 13.8 Å². The van der Waals surface area contributed by atoms with Crippen molar-refractivity contribution in [2.75, 3.05) is 5.73 Å². The van der Waals surface area contributed by atoms with Crippen molar-refractivity contribution in [1.82, 2.24) is 10.2 Å². The van der Waals surface area contributed by atoms with Gasteiger partial charge in [-0.3, -0.25) is 0 Å². The van der Waals surface area contributed by atoms with Gasteiger partial charge in [-0.25, -0.2) is 0 Å². The van der Waals surface area contributed by atoms with Crippen LogP contribution in [0.15, 0.2) is 12.3 Å². The average Bonchev–Trinajstić information content (AvgIpc) is 2.09. The summed E-state index contributed by atoms with van der Waals surface area (Å²) in [6.07, 6.45) is 2.56. The normalized spacial score (nSPS) is 7.82. The lowest BCUT2D eigenvalue weighted by Gasteiger charge is -1.91. The summed E-state index contributed by atoms with van der Waals surface area (Å²) >= 11 is 0. The van der Waals surface area contributed by atoms with Crippen LogP contribution in [0.25, 0.3) is 0 Å². The van der Waals surface area contributed by atoms with Gasteiger partial charge in [0.2, 0.25) is 0 Å². The van der Waals surface area contributed by atoms with Crippen molar-refractivity contribution in [3.8, 4) is 0 Å². The molecule has 1 aromatic heterocycles. The number of rotatable bonds is 1. The van der Waals surface area contributed by atoms with E-state index >= 15 is 0 Å². The van der Waals surface area contributed by atoms with Crippen LogP contribution in [-0.4, -0.2) is 16.4 Å². The molecule has 0 aliphatic heterocycles. The SMILES string of the molecule is CC.N=Cc1nnccc1N. The number of aromatic nitrogens is 2. The Bertz CT molecular complexity index is 221. The van der Waals surface area contributed by atoms with Gasteiger partial charge in [-0.05, 0) is 6.07 Å². The van der Waals surface area contributed by atoms with Crippen LogP contribution in [0.4, 0.5) is 5.69 Å². The molecule has 3 N–H and O–H groups in total. The highest BCUT2D eigenvalue weighted by atomic mass is 15.1. The lowest BCUT2D eigenvalue weighted by molar-refractivity contribution is 1.02. The van der Waals surface area contributed by atoms with Gasteiger partial charge < -0.3 is 11.1 Å². The molecule has 11 heavy (non-hydrogen) atoms. The molecule has 0 fully saturated rings. The van der Waals surface area contributed by atoms with Gasteiger partial charge in [0.25, 0.3) is 0 Å². The predicted octanol–water partition coefficient (Wildman–Crippen LogP) is 1.08. The highest BCUT2D eigenvalue weighted by molar-refractivity contribution is 5.81. The fraction of sp³-hybridized carbons (Fsp3) is 0.286. The minimum Gasteiger partial charge on any atom is -0.397 e. The number of nitrogens with one attached hydrogen (secondary N) is 1. The molecule has 0 aromatic carbocycles. The van der Waals surface area contributed by atoms with E-state index < -0.39 is 0 Å². The lowest BCUT2D eigenvalue weighted by Crippen LogP contribution is -1.96. The first-order chi connectivity index (χ1) is 5.34. The summed E-state index contributed by atoms with van der Waals surface area (Å²) in [5.74, 6) is 0. The lowest BCUT2D eigenvalue weighted by atomic mass is 10.3. The molecule has 1 heterocycles. The van der Waals surface area contributed by atoms with Crippen LogP contribution >= 0.6 is 0 Å². The second-order valence-electron chi connectivity index (χ2n) is 1.52. The zero-order chi connectivity index (χ0) is 8.69. The molecule has 0 aliphatic rings. The van der Waals surface area contributed by atoms with Crippen molar-refractivity contribution in [3.05, 3.63) is 18.0 Å². The fourth-order valence-electron chi connectivity index (χ4n) is 0.464. The molecule has 1 aromatic rings. The molecule has 0 saturated heterocycles. The molecule has 0 aliphatic carbocycles. The molecule has 0 saturated carbocycles. The van der Waals surface area contributed by atoms with Gasteiger partial charge in [0, 0.05) is 6.21 Å². The van der Waals surface area contributed by atoms with E-state index in [-0.39, 0.29) is 0 Å². The van der Waals surface area contributed by atoms with E-state index in [1.165, 1.54) is 6.20 Å². The van der Waals surface area contributed by atoms with Crippen molar-refractivity contribution in [3.63, 3.8) is 0 Å². The molecule has 60 valence electrons. The Kier molecular flexibility index (Phi) is 4.64. The maximum atomic E-state index is 6.78. The molecule has 0 spiro atoms. The summed E-state index contributed by atoms with van der Waals surface area (Å²) in [7, 11) is 0. The monoisotopic (exact) mass is 152 g/mol. The van der Waals surface area contributed by atoms with E-state index in [0.29, 0.717) is 11.4 Å². The van der Waals surface area contributed by atoms with Crippen LogP contribution in [0.3, 0.4) is 0 Å². The smallest absolute Gasteiger partial charge is 0.126 e. The highest BCUT2D eigenvalue weighted by Gasteiger charge is 1.92. The van der Waals surface area contributed by atoms with Gasteiger partial charge in [0.1, 0.15) is 5.69 Å². The molecule has 0 bridgehead atoms. The zero-order valence-electron chi connectivity index (χ0n) is 6.70. The van der Waals surface area contributed by atoms with Crippen LogP contribution in [0.1, 0.15) is 19.5 Å². The first kappa shape index (κ1) is 9.55. The molecule has 0 radical (unpaired) electrons. The Morgan fingerprint density at radius 3 is 2.55 bits per heavy atom. The van der Waals surface area contributed by atoms with Gasteiger partial charge in [0.15, 0.2) is 0 Å². The maximum absolute atomic E-state index is 6.78. The standard InChI is InChI=1S/C5H6N4.C2H6/c6-3-5-4(7)1-2-8-9-5;1-2/h1-3,6H,(H2,7,8);1-2H3. The first-order valence-electron chi connectivity index (χ1n) is 3.42. The quantitative estimate of drug-likeness (QED) is 0.591. The average molecular weight is 152 g/mol. The third kappa shape index (κ3) is 2.75. The molecule has 0 amide bonds. The van der Waals surface area contributed by atoms with Crippen LogP contribution < -0.4 is 5.73 Å². The molecule has 4 heteroatoms. The highest BCUT2D eigenvalue weighted by Crippen LogP contribution is 1.99. The Morgan fingerprint density at radius 2 is 2.18 bits per heavy atom. The molecule has 0 atom stereocenters. The number of nitrogen functional groups attached to an aromatic ring is 1. The van der Waals surface area contributed by atoms with Gasteiger partial charge in [-0.1, -0.05) is 13.8 Å². The number of hydrogen-bond acceptors (Lipinski definition) is 4. The van der Waals surface area contributed by atoms with Crippen molar-refractivity contribution in [1.29, 1.82) is 5.41 Å². The largest absolute Gasteiger partial charge is 0.397 e. The Labute approximate surface area is 66.0 Å². The van der Waals surface area contributed by atoms with Crippen LogP contribution in [-0.2, 0) is 0 Å². The zero-order valence-corrected chi connectivity index (χ0v) is 6.70. The molecule has 4 nitrogen and oxygen atoms in total. The third-order valence-electron chi connectivity index (χ3n) is 0.919. The Balaban J connectivity index is 0.000000461. The Hall–Kier alpha value is -1.45. The molecule has 0 unspecified atom stereocenters. The number of nitrogens with zero attached hydrogens (tertiary/aromatic N) is 2. The van der Waals surface area contributed by atoms with Crippen molar-refractivity contribution >= 4 is 11.9 Å². The first-order valence-corrected chi connectivity index (χ1v) is 3.42. The Morgan fingerprint density at radius 1 is 1.55 bits per heavy atom. The van der Waals surface area contributed by atoms with E-state index in [0.717, 1.165) is 6.21 Å². The third-order valence-corrected chi connectivity index (χ3v) is 0.919. The van der Waals surface area contributed by atoms with Crippen LogP contribution in [0.2, 0.25) is 0 Å². The van der Waals surface area contributed by atoms with E-state index in [9.17, 15) is 0 Å². The van der Waals surface area contributed by atoms with Gasteiger partial charge in [-0.2, -0.15) is 5.10 Å². The second kappa shape index (κ2) is 5.34. The van der Waals surface area contributed by atoms with Crippen LogP contribution in [0.5, 0.6) is 0 Å². The minimum atomic E-state index is 0.414. The van der Waals surface area contributed by atoms with Gasteiger partial charge in [0.05, 0.1) is 11.9 Å². The van der Waals surface area contributed by atoms with Crippen molar-refractivity contribution in [2.24, 2.45) is 0 Å². The summed E-state index contributed by atoms with van der Waals surface area (Å²) in [6, 6.07) is 1.60. The second-order valence-corrected chi connectivity index (χ2v) is 1.52. The summed E-state index contributed by atoms with van der Waals surface area (Å²) in [6.45, 7) is 4.00. The minimum absolute atomic E-state index is 0.414. The molecule has 1 rings (SSSR count). The van der Waals surface area contributed by atoms with E-state index in [1.807, 2.05) is 13.8 Å². The fourth-order valence-corrected chi connectivity index (χ4v) is 0.464. The summed E-state index contributed by atoms with van der Waals surface area (Å²) < 4.78 is 0. The van der Waals surface area contributed by atoms with E-state index in [2.05, 4.69) is 10.2 Å². The van der Waals surface area contributed by atoms with Crippen molar-refractivity contribution < 1.29 is 0 Å². The number of anilines is 1. The molecular weight excluding hydrogens is 140 g/mol. The summed E-state index contributed by atoms with van der Waals surface area (Å²) in [5.41, 5.74) is 6.28. The predicted molar refractivity (Wildman–Crippen MR) is 45.7 cm³/mol. The maximum Gasteiger partial charge on any atom is 0.126 e. The number of nitrogens with two attached hydrogens (primary N) is 1. The van der Waals surface area contributed by atoms with E-state index in [1.54, 1.807) is 6.07 Å². The summed E-state index contributed by atoms with van der Waals surface area (Å²) in [5, 5.41) is 13.9. The van der Waals surface area contributed by atoms with E-state index in [4.69, 9.17) is 11.1 Å². The van der Waals surface area contributed by atoms with Crippen LogP contribution in [0, 0.1) is 5.41 Å².